The summed E-state index contributed by atoms with van der Waals surface area (Å²) in [4.78, 5) is 24.4. The van der Waals surface area contributed by atoms with Gasteiger partial charge >= 0.3 is 5.97 Å². The largest absolute Gasteiger partial charge is 0.480 e. The molecule has 1 aliphatic rings. The van der Waals surface area contributed by atoms with E-state index in [4.69, 9.17) is 5.11 Å². The fourth-order valence-corrected chi connectivity index (χ4v) is 2.55. The summed E-state index contributed by atoms with van der Waals surface area (Å²) in [5.41, 5.74) is 0. The number of nitrogens with zero attached hydrogens (tertiary/aromatic N) is 1. The number of carboxylic acid groups (broad SMARTS) is 1. The first-order chi connectivity index (χ1) is 9.47. The van der Waals surface area contributed by atoms with E-state index < -0.39 is 17.6 Å². The van der Waals surface area contributed by atoms with Gasteiger partial charge in [-0.05, 0) is 31.0 Å². The lowest BCUT2D eigenvalue weighted by Gasteiger charge is -2.19. The van der Waals surface area contributed by atoms with Gasteiger partial charge in [-0.15, -0.1) is 11.8 Å². The Balaban J connectivity index is 1.92. The molecule has 0 saturated heterocycles. The maximum atomic E-state index is 13.0. The summed E-state index contributed by atoms with van der Waals surface area (Å²) < 4.78 is 25.8. The van der Waals surface area contributed by atoms with Gasteiger partial charge in [0.15, 0.2) is 11.6 Å². The van der Waals surface area contributed by atoms with E-state index in [-0.39, 0.29) is 24.2 Å². The van der Waals surface area contributed by atoms with Gasteiger partial charge in [0.1, 0.15) is 6.54 Å². The summed E-state index contributed by atoms with van der Waals surface area (Å²) in [6.07, 6.45) is 1.63. The predicted octanol–water partition coefficient (Wildman–Crippen LogP) is 2.13. The standard InChI is InChI=1S/C13H13F2NO3S/c14-10-4-3-9(5-11(10)15)20-7-12(17)16(6-13(18)19)8-1-2-8/h3-5,8H,1-2,6-7H2,(H,18,19). The van der Waals surface area contributed by atoms with Crippen LogP contribution in [0.5, 0.6) is 0 Å². The highest BCUT2D eigenvalue weighted by atomic mass is 32.2. The van der Waals surface area contributed by atoms with Crippen molar-refractivity contribution in [1.82, 2.24) is 4.90 Å². The summed E-state index contributed by atoms with van der Waals surface area (Å²) in [6, 6.07) is 3.41. The summed E-state index contributed by atoms with van der Waals surface area (Å²) in [6.45, 7) is -0.318. The number of hydrogen-bond acceptors (Lipinski definition) is 3. The SMILES string of the molecule is O=C(O)CN(C(=O)CSc1ccc(F)c(F)c1)C1CC1. The van der Waals surface area contributed by atoms with E-state index in [0.717, 1.165) is 36.7 Å². The Morgan fingerprint density at radius 2 is 2.00 bits per heavy atom. The predicted molar refractivity (Wildman–Crippen MR) is 69.5 cm³/mol. The maximum Gasteiger partial charge on any atom is 0.323 e. The fourth-order valence-electron chi connectivity index (χ4n) is 1.75. The monoisotopic (exact) mass is 301 g/mol. The third-order valence-electron chi connectivity index (χ3n) is 2.87. The van der Waals surface area contributed by atoms with Gasteiger partial charge in [-0.3, -0.25) is 9.59 Å². The van der Waals surface area contributed by atoms with Gasteiger partial charge in [0, 0.05) is 10.9 Å². The third-order valence-corrected chi connectivity index (χ3v) is 3.85. The van der Waals surface area contributed by atoms with Crippen molar-refractivity contribution in [3.05, 3.63) is 29.8 Å². The molecule has 0 spiro atoms. The molecule has 108 valence electrons. The smallest absolute Gasteiger partial charge is 0.323 e. The van der Waals surface area contributed by atoms with Crippen molar-refractivity contribution in [3.8, 4) is 0 Å². The molecule has 1 aromatic carbocycles. The van der Waals surface area contributed by atoms with E-state index >= 15 is 0 Å². The maximum absolute atomic E-state index is 13.0. The van der Waals surface area contributed by atoms with Crippen molar-refractivity contribution in [3.63, 3.8) is 0 Å². The Kier molecular flexibility index (Phi) is 4.59. The number of carbonyl (C=O) groups is 2. The Morgan fingerprint density at radius 3 is 2.55 bits per heavy atom. The molecule has 1 aromatic rings. The summed E-state index contributed by atoms with van der Waals surface area (Å²) in [7, 11) is 0. The highest BCUT2D eigenvalue weighted by Crippen LogP contribution is 2.28. The first-order valence-corrected chi connectivity index (χ1v) is 7.05. The number of rotatable bonds is 6. The van der Waals surface area contributed by atoms with Crippen LogP contribution in [0.15, 0.2) is 23.1 Å². The molecule has 20 heavy (non-hydrogen) atoms. The number of amides is 1. The van der Waals surface area contributed by atoms with Crippen LogP contribution >= 0.6 is 11.8 Å². The van der Waals surface area contributed by atoms with E-state index in [9.17, 15) is 18.4 Å². The molecule has 0 unspecified atom stereocenters. The summed E-state index contributed by atoms with van der Waals surface area (Å²) >= 11 is 1.06. The average molecular weight is 301 g/mol. The number of benzene rings is 1. The first kappa shape index (κ1) is 14.8. The third kappa shape index (κ3) is 3.93. The molecule has 1 aliphatic carbocycles. The molecule has 0 aromatic heterocycles. The molecule has 2 rings (SSSR count). The van der Waals surface area contributed by atoms with Crippen molar-refractivity contribution in [2.45, 2.75) is 23.8 Å². The zero-order chi connectivity index (χ0) is 14.7. The number of carboxylic acids is 1. The van der Waals surface area contributed by atoms with Crippen LogP contribution in [0, 0.1) is 11.6 Å². The van der Waals surface area contributed by atoms with Crippen molar-refractivity contribution < 1.29 is 23.5 Å². The molecule has 1 fully saturated rings. The van der Waals surface area contributed by atoms with Crippen LogP contribution in [0.3, 0.4) is 0 Å². The van der Waals surface area contributed by atoms with E-state index in [1.165, 1.54) is 11.0 Å². The van der Waals surface area contributed by atoms with Gasteiger partial charge in [0.2, 0.25) is 5.91 Å². The van der Waals surface area contributed by atoms with Crippen LogP contribution in [0.1, 0.15) is 12.8 Å². The van der Waals surface area contributed by atoms with Gasteiger partial charge in [0.25, 0.3) is 0 Å². The topological polar surface area (TPSA) is 57.6 Å². The van der Waals surface area contributed by atoms with Crippen LogP contribution in [0.4, 0.5) is 8.78 Å². The Bertz CT molecular complexity index is 534. The minimum Gasteiger partial charge on any atom is -0.480 e. The van der Waals surface area contributed by atoms with E-state index in [2.05, 4.69) is 0 Å². The molecule has 0 bridgehead atoms. The van der Waals surface area contributed by atoms with Crippen molar-refractivity contribution in [1.29, 1.82) is 0 Å². The minimum absolute atomic E-state index is 0.00385. The van der Waals surface area contributed by atoms with Crippen LogP contribution in [-0.4, -0.2) is 40.2 Å². The van der Waals surface area contributed by atoms with Gasteiger partial charge in [-0.2, -0.15) is 0 Å². The molecule has 0 aliphatic heterocycles. The molecular weight excluding hydrogens is 288 g/mol. The van der Waals surface area contributed by atoms with Crippen molar-refractivity contribution in [2.75, 3.05) is 12.3 Å². The lowest BCUT2D eigenvalue weighted by molar-refractivity contribution is -0.143. The second-order valence-corrected chi connectivity index (χ2v) is 5.56. The molecule has 1 saturated carbocycles. The van der Waals surface area contributed by atoms with Crippen LogP contribution in [0.2, 0.25) is 0 Å². The molecule has 1 N–H and O–H groups in total. The Labute approximate surface area is 118 Å². The van der Waals surface area contributed by atoms with E-state index in [1.807, 2.05) is 0 Å². The molecular formula is C13H13F2NO3S. The Morgan fingerprint density at radius 1 is 1.30 bits per heavy atom. The molecule has 0 heterocycles. The molecule has 7 heteroatoms. The quantitative estimate of drug-likeness (QED) is 0.818. The number of hydrogen-bond donors (Lipinski definition) is 1. The van der Waals surface area contributed by atoms with E-state index in [0.29, 0.717) is 4.90 Å². The van der Waals surface area contributed by atoms with Crippen LogP contribution < -0.4 is 0 Å². The second-order valence-electron chi connectivity index (χ2n) is 4.51. The lowest BCUT2D eigenvalue weighted by atomic mass is 10.3. The Hall–Kier alpha value is -1.63. The summed E-state index contributed by atoms with van der Waals surface area (Å²) in [5.74, 6) is -3.25. The van der Waals surface area contributed by atoms with Gasteiger partial charge in [0.05, 0.1) is 5.75 Å². The lowest BCUT2D eigenvalue weighted by Crippen LogP contribution is -2.38. The van der Waals surface area contributed by atoms with Crippen LogP contribution in [-0.2, 0) is 9.59 Å². The fraction of sp³-hybridized carbons (Fsp3) is 0.385. The molecule has 0 radical (unpaired) electrons. The molecule has 0 atom stereocenters. The van der Waals surface area contributed by atoms with Gasteiger partial charge < -0.3 is 10.0 Å². The van der Waals surface area contributed by atoms with Crippen molar-refractivity contribution >= 4 is 23.6 Å². The number of aliphatic carboxylic acids is 1. The highest BCUT2D eigenvalue weighted by Gasteiger charge is 2.33. The van der Waals surface area contributed by atoms with Crippen molar-refractivity contribution in [2.24, 2.45) is 0 Å². The number of thioether (sulfide) groups is 1. The molecule has 1 amide bonds. The van der Waals surface area contributed by atoms with Gasteiger partial charge in [-0.25, -0.2) is 8.78 Å². The zero-order valence-corrected chi connectivity index (χ0v) is 11.3. The first-order valence-electron chi connectivity index (χ1n) is 6.06. The summed E-state index contributed by atoms with van der Waals surface area (Å²) in [5, 5.41) is 8.77. The average Bonchev–Trinajstić information content (AvgIpc) is 3.21. The number of halogens is 2. The van der Waals surface area contributed by atoms with Gasteiger partial charge in [-0.1, -0.05) is 0 Å². The highest BCUT2D eigenvalue weighted by molar-refractivity contribution is 8.00. The normalized spacial score (nSPS) is 14.1. The number of carbonyl (C=O) groups excluding carboxylic acids is 1. The minimum atomic E-state index is -1.05. The zero-order valence-electron chi connectivity index (χ0n) is 10.5. The molecule has 4 nitrogen and oxygen atoms in total. The van der Waals surface area contributed by atoms with Crippen LogP contribution in [0.25, 0.3) is 0 Å². The van der Waals surface area contributed by atoms with E-state index in [1.54, 1.807) is 0 Å². The second kappa shape index (κ2) is 6.21.